The molecule has 2 saturated heterocycles. The van der Waals surface area contributed by atoms with Crippen LogP contribution in [0.2, 0.25) is 0 Å². The number of aromatic hydroxyl groups is 1. The molecule has 0 saturated carbocycles. The van der Waals surface area contributed by atoms with E-state index in [2.05, 4.69) is 15.3 Å². The molecule has 4 aromatic rings. The van der Waals surface area contributed by atoms with Crippen LogP contribution in [0.5, 0.6) is 17.2 Å². The highest BCUT2D eigenvalue weighted by Gasteiger charge is 2.33. The first-order valence-electron chi connectivity index (χ1n) is 12.4. The largest absolute Gasteiger partial charge is 0.508 e. The van der Waals surface area contributed by atoms with E-state index in [9.17, 15) is 5.11 Å². The number of fused-ring (bicyclic) bond motifs is 2. The number of nitrogens with one attached hydrogen (secondary N) is 1. The third-order valence-electron chi connectivity index (χ3n) is 6.18. The monoisotopic (exact) mass is 519 g/mol. The molecule has 3 aromatic carbocycles. The zero-order valence-corrected chi connectivity index (χ0v) is 21.5. The molecule has 3 N–H and O–H groups in total. The molecule has 3 heterocycles. The van der Waals surface area contributed by atoms with Crippen molar-refractivity contribution in [2.75, 3.05) is 32.8 Å². The zero-order valence-electron chi connectivity index (χ0n) is 21.5. The van der Waals surface area contributed by atoms with Crippen molar-refractivity contribution in [2.24, 2.45) is 0 Å². The van der Waals surface area contributed by atoms with Crippen molar-refractivity contribution in [3.8, 4) is 17.2 Å². The maximum absolute atomic E-state index is 9.34. The fourth-order valence-electron chi connectivity index (χ4n) is 4.17. The molecule has 2 atom stereocenters. The SMILES string of the molecule is C1C[C@H]2OCC[C@H]2O1.COc1cc2ncnc(Nc3ccc(O)cc3)c2cc1OC.OCc1ccccc1. The number of ether oxygens (including phenoxy) is 4. The Balaban J connectivity index is 0.000000169. The molecule has 6 rings (SSSR count). The summed E-state index contributed by atoms with van der Waals surface area (Å²) < 4.78 is 21.3. The average molecular weight is 520 g/mol. The summed E-state index contributed by atoms with van der Waals surface area (Å²) in [5.41, 5.74) is 2.52. The molecule has 2 fully saturated rings. The van der Waals surface area contributed by atoms with E-state index in [4.69, 9.17) is 24.1 Å². The van der Waals surface area contributed by atoms with Crippen LogP contribution in [-0.4, -0.2) is 59.8 Å². The van der Waals surface area contributed by atoms with E-state index in [0.717, 1.165) is 48.2 Å². The van der Waals surface area contributed by atoms with E-state index >= 15 is 0 Å². The van der Waals surface area contributed by atoms with Crippen LogP contribution >= 0.6 is 0 Å². The van der Waals surface area contributed by atoms with Gasteiger partial charge in [-0.05, 0) is 48.7 Å². The Labute approximate surface area is 222 Å². The standard InChI is InChI=1S/C16H15N3O3.C7H8O.C6H10O2/c1-21-14-7-12-13(8-15(14)22-2)17-9-18-16(12)19-10-3-5-11(20)6-4-10;8-6-7-4-2-1-3-5-7;1-3-7-6-2-4-8-5(1)6/h3-9,20H,1-2H3,(H,17,18,19);1-5,8H,6H2;5-6H,1-4H2/t;;5-,6-/m..1/s1. The van der Waals surface area contributed by atoms with E-state index < -0.39 is 0 Å². The van der Waals surface area contributed by atoms with Gasteiger partial charge in [-0.1, -0.05) is 30.3 Å². The van der Waals surface area contributed by atoms with Gasteiger partial charge in [0.2, 0.25) is 0 Å². The Hall–Kier alpha value is -3.92. The summed E-state index contributed by atoms with van der Waals surface area (Å²) >= 11 is 0. The van der Waals surface area contributed by atoms with Gasteiger partial charge in [0.05, 0.1) is 38.6 Å². The van der Waals surface area contributed by atoms with E-state index in [0.29, 0.717) is 29.5 Å². The summed E-state index contributed by atoms with van der Waals surface area (Å²) in [4.78, 5) is 8.53. The average Bonchev–Trinajstić information content (AvgIpc) is 3.61. The fraction of sp³-hybridized carbons (Fsp3) is 0.310. The highest BCUT2D eigenvalue weighted by molar-refractivity contribution is 5.93. The number of aliphatic hydroxyl groups is 1. The predicted octanol–water partition coefficient (Wildman–Crippen LogP) is 4.84. The minimum atomic E-state index is 0.140. The van der Waals surface area contributed by atoms with Crippen LogP contribution in [0.25, 0.3) is 10.9 Å². The Kier molecular flexibility index (Phi) is 9.69. The lowest BCUT2D eigenvalue weighted by molar-refractivity contribution is 0.0732. The first kappa shape index (κ1) is 27.1. The van der Waals surface area contributed by atoms with Crippen LogP contribution in [0.15, 0.2) is 73.1 Å². The molecule has 9 heteroatoms. The van der Waals surface area contributed by atoms with E-state index in [-0.39, 0.29) is 12.4 Å². The van der Waals surface area contributed by atoms with Gasteiger partial charge in [0.15, 0.2) is 11.5 Å². The molecular weight excluding hydrogens is 486 g/mol. The summed E-state index contributed by atoms with van der Waals surface area (Å²) in [6.45, 7) is 1.96. The molecule has 0 unspecified atom stereocenters. The lowest BCUT2D eigenvalue weighted by Gasteiger charge is -2.12. The number of methoxy groups -OCH3 is 2. The summed E-state index contributed by atoms with van der Waals surface area (Å²) in [6, 6.07) is 19.9. The molecule has 2 aliphatic heterocycles. The molecule has 9 nitrogen and oxygen atoms in total. The molecule has 0 radical (unpaired) electrons. The number of anilines is 2. The maximum atomic E-state index is 9.34. The van der Waals surface area contributed by atoms with Crippen molar-refractivity contribution < 1.29 is 29.2 Å². The highest BCUT2D eigenvalue weighted by Crippen LogP contribution is 2.34. The van der Waals surface area contributed by atoms with Crippen LogP contribution in [0.4, 0.5) is 11.5 Å². The van der Waals surface area contributed by atoms with Crippen molar-refractivity contribution in [2.45, 2.75) is 31.7 Å². The topological polar surface area (TPSA) is 115 Å². The van der Waals surface area contributed by atoms with Gasteiger partial charge in [0.25, 0.3) is 0 Å². The number of phenolic OH excluding ortho intramolecular Hbond substituents is 1. The van der Waals surface area contributed by atoms with E-state index in [1.54, 1.807) is 44.6 Å². The quantitative estimate of drug-likeness (QED) is 0.319. The number of hydrogen-bond donors (Lipinski definition) is 3. The second-order valence-corrected chi connectivity index (χ2v) is 8.66. The smallest absolute Gasteiger partial charge is 0.162 e. The number of aromatic nitrogens is 2. The molecule has 38 heavy (non-hydrogen) atoms. The molecule has 200 valence electrons. The van der Waals surface area contributed by atoms with Crippen LogP contribution < -0.4 is 14.8 Å². The second kappa shape index (κ2) is 13.6. The van der Waals surface area contributed by atoms with Gasteiger partial charge in [0, 0.05) is 30.4 Å². The van der Waals surface area contributed by atoms with Crippen LogP contribution in [0.1, 0.15) is 18.4 Å². The van der Waals surface area contributed by atoms with Gasteiger partial charge in [-0.25, -0.2) is 9.97 Å². The van der Waals surface area contributed by atoms with Gasteiger partial charge in [-0.15, -0.1) is 0 Å². The van der Waals surface area contributed by atoms with Crippen molar-refractivity contribution in [1.82, 2.24) is 9.97 Å². The maximum Gasteiger partial charge on any atom is 0.162 e. The summed E-state index contributed by atoms with van der Waals surface area (Å²) in [6.07, 6.45) is 4.62. The number of benzene rings is 3. The number of rotatable bonds is 5. The molecular formula is C29H33N3O6. The van der Waals surface area contributed by atoms with Gasteiger partial charge in [0.1, 0.15) is 17.9 Å². The van der Waals surface area contributed by atoms with Gasteiger partial charge in [-0.2, -0.15) is 0 Å². The van der Waals surface area contributed by atoms with Crippen molar-refractivity contribution >= 4 is 22.4 Å². The summed E-state index contributed by atoms with van der Waals surface area (Å²) in [7, 11) is 3.17. The number of aliphatic hydroxyl groups excluding tert-OH is 1. The van der Waals surface area contributed by atoms with Crippen molar-refractivity contribution in [1.29, 1.82) is 0 Å². The lowest BCUT2D eigenvalue weighted by atomic mass is 10.2. The molecule has 0 spiro atoms. The van der Waals surface area contributed by atoms with Gasteiger partial charge >= 0.3 is 0 Å². The zero-order chi connectivity index (χ0) is 26.7. The Morgan fingerprint density at radius 2 is 1.50 bits per heavy atom. The normalized spacial score (nSPS) is 17.4. The first-order valence-corrected chi connectivity index (χ1v) is 12.4. The lowest BCUT2D eigenvalue weighted by Crippen LogP contribution is -2.13. The summed E-state index contributed by atoms with van der Waals surface area (Å²) in [5.74, 6) is 2.09. The van der Waals surface area contributed by atoms with Crippen molar-refractivity contribution in [3.05, 3.63) is 78.6 Å². The van der Waals surface area contributed by atoms with E-state index in [1.165, 1.54) is 6.33 Å². The molecule has 0 amide bonds. The number of hydrogen-bond acceptors (Lipinski definition) is 9. The fourth-order valence-corrected chi connectivity index (χ4v) is 4.17. The number of phenols is 1. The van der Waals surface area contributed by atoms with E-state index in [1.807, 2.05) is 36.4 Å². The van der Waals surface area contributed by atoms with Crippen LogP contribution in [-0.2, 0) is 16.1 Å². The van der Waals surface area contributed by atoms with Crippen LogP contribution in [0, 0.1) is 0 Å². The molecule has 0 bridgehead atoms. The Morgan fingerprint density at radius 3 is 2.08 bits per heavy atom. The first-order chi connectivity index (χ1) is 18.6. The molecule has 1 aromatic heterocycles. The Bertz CT molecular complexity index is 1270. The third-order valence-corrected chi connectivity index (χ3v) is 6.18. The minimum absolute atomic E-state index is 0.140. The number of nitrogens with zero attached hydrogens (tertiary/aromatic N) is 2. The van der Waals surface area contributed by atoms with Crippen LogP contribution in [0.3, 0.4) is 0 Å². The minimum Gasteiger partial charge on any atom is -0.508 e. The van der Waals surface area contributed by atoms with Crippen molar-refractivity contribution in [3.63, 3.8) is 0 Å². The van der Waals surface area contributed by atoms with Gasteiger partial charge < -0.3 is 34.5 Å². The second-order valence-electron chi connectivity index (χ2n) is 8.66. The molecule has 2 aliphatic rings. The molecule has 0 aliphatic carbocycles. The Morgan fingerprint density at radius 1 is 0.868 bits per heavy atom. The summed E-state index contributed by atoms with van der Waals surface area (Å²) in [5, 5.41) is 21.9. The third kappa shape index (κ3) is 7.10. The predicted molar refractivity (Wildman–Crippen MR) is 145 cm³/mol. The van der Waals surface area contributed by atoms with Gasteiger partial charge in [-0.3, -0.25) is 0 Å². The highest BCUT2D eigenvalue weighted by atomic mass is 16.6.